The van der Waals surface area contributed by atoms with Crippen LogP contribution in [-0.4, -0.2) is 15.9 Å². The van der Waals surface area contributed by atoms with Gasteiger partial charge in [-0.1, -0.05) is 42.1 Å². The highest BCUT2D eigenvalue weighted by molar-refractivity contribution is 7.98. The number of amides is 1. The quantitative estimate of drug-likeness (QED) is 0.643. The minimum Gasteiger partial charge on any atom is -0.369 e. The van der Waals surface area contributed by atoms with Gasteiger partial charge in [-0.3, -0.25) is 9.59 Å². The van der Waals surface area contributed by atoms with Gasteiger partial charge >= 0.3 is 0 Å². The van der Waals surface area contributed by atoms with Crippen LogP contribution in [0.5, 0.6) is 0 Å². The molecule has 104 valence electrons. The van der Waals surface area contributed by atoms with Crippen molar-refractivity contribution in [1.29, 1.82) is 0 Å². The zero-order valence-electron chi connectivity index (χ0n) is 11.1. The fraction of sp³-hybridized carbons (Fsp3) is 0.214. The number of carbonyl (C=O) groups excluding carboxylic acids is 1. The molecule has 0 spiro atoms. The van der Waals surface area contributed by atoms with E-state index in [9.17, 15) is 9.59 Å². The molecule has 20 heavy (non-hydrogen) atoms. The lowest BCUT2D eigenvalue weighted by molar-refractivity contribution is -0.117. The Hall–Kier alpha value is -2.08. The van der Waals surface area contributed by atoms with Crippen molar-refractivity contribution in [2.24, 2.45) is 5.73 Å². The van der Waals surface area contributed by atoms with Crippen LogP contribution in [0.2, 0.25) is 0 Å². The molecule has 0 saturated heterocycles. The second-order valence-electron chi connectivity index (χ2n) is 4.35. The van der Waals surface area contributed by atoms with Gasteiger partial charge in [-0.05, 0) is 12.5 Å². The molecule has 2 aromatic rings. The number of aromatic nitrogens is 2. The summed E-state index contributed by atoms with van der Waals surface area (Å²) in [6, 6.07) is 9.91. The zero-order valence-corrected chi connectivity index (χ0v) is 11.9. The van der Waals surface area contributed by atoms with Gasteiger partial charge in [0.15, 0.2) is 5.16 Å². The van der Waals surface area contributed by atoms with Crippen molar-refractivity contribution in [3.8, 4) is 0 Å². The van der Waals surface area contributed by atoms with E-state index in [1.54, 1.807) is 6.92 Å². The molecule has 2 rings (SSSR count). The van der Waals surface area contributed by atoms with E-state index in [4.69, 9.17) is 5.73 Å². The van der Waals surface area contributed by atoms with Crippen LogP contribution in [0.4, 0.5) is 0 Å². The SMILES string of the molecule is Cc1nc(SCc2ccccc2)[nH]c(=O)c1CC(N)=O. The maximum Gasteiger partial charge on any atom is 0.255 e. The molecular formula is C14H15N3O2S. The summed E-state index contributed by atoms with van der Waals surface area (Å²) < 4.78 is 0. The molecule has 0 aliphatic rings. The number of thioether (sulfide) groups is 1. The van der Waals surface area contributed by atoms with Crippen molar-refractivity contribution in [2.45, 2.75) is 24.3 Å². The predicted molar refractivity (Wildman–Crippen MR) is 78.5 cm³/mol. The highest BCUT2D eigenvalue weighted by Crippen LogP contribution is 2.18. The number of aromatic amines is 1. The number of primary amides is 1. The summed E-state index contributed by atoms with van der Waals surface area (Å²) in [7, 11) is 0. The first-order valence-electron chi connectivity index (χ1n) is 6.11. The molecule has 0 saturated carbocycles. The van der Waals surface area contributed by atoms with Crippen LogP contribution >= 0.6 is 11.8 Å². The second kappa shape index (κ2) is 6.38. The highest BCUT2D eigenvalue weighted by Gasteiger charge is 2.11. The molecule has 0 atom stereocenters. The summed E-state index contributed by atoms with van der Waals surface area (Å²) in [5.41, 5.74) is 6.84. The average Bonchev–Trinajstić information content (AvgIpc) is 2.41. The summed E-state index contributed by atoms with van der Waals surface area (Å²) in [4.78, 5) is 29.8. The number of rotatable bonds is 5. The normalized spacial score (nSPS) is 10.4. The van der Waals surface area contributed by atoms with Crippen LogP contribution < -0.4 is 11.3 Å². The van der Waals surface area contributed by atoms with Crippen LogP contribution in [0.25, 0.3) is 0 Å². The standard InChI is InChI=1S/C14H15N3O2S/c1-9-11(7-12(15)18)13(19)17-14(16-9)20-8-10-5-3-2-4-6-10/h2-6H,7-8H2,1H3,(H2,15,18)(H,16,17,19). The lowest BCUT2D eigenvalue weighted by Crippen LogP contribution is -2.23. The number of H-pyrrole nitrogens is 1. The van der Waals surface area contributed by atoms with Gasteiger partial charge in [-0.2, -0.15) is 0 Å². The molecule has 0 aliphatic carbocycles. The molecule has 5 nitrogen and oxygen atoms in total. The lowest BCUT2D eigenvalue weighted by atomic mass is 10.2. The van der Waals surface area contributed by atoms with E-state index in [0.717, 1.165) is 11.3 Å². The molecule has 1 aromatic carbocycles. The maximum atomic E-state index is 11.9. The zero-order chi connectivity index (χ0) is 14.5. The first-order valence-corrected chi connectivity index (χ1v) is 7.09. The van der Waals surface area contributed by atoms with Gasteiger partial charge in [-0.15, -0.1) is 0 Å². The van der Waals surface area contributed by atoms with Crippen molar-refractivity contribution in [3.63, 3.8) is 0 Å². The topological polar surface area (TPSA) is 88.8 Å². The van der Waals surface area contributed by atoms with Crippen LogP contribution in [-0.2, 0) is 17.0 Å². The van der Waals surface area contributed by atoms with Gasteiger partial charge in [-0.25, -0.2) is 4.98 Å². The third kappa shape index (κ3) is 3.71. The van der Waals surface area contributed by atoms with E-state index in [2.05, 4.69) is 9.97 Å². The van der Waals surface area contributed by atoms with E-state index < -0.39 is 5.91 Å². The Balaban J connectivity index is 2.14. The predicted octanol–water partition coefficient (Wildman–Crippen LogP) is 1.40. The Kier molecular flexibility index (Phi) is 4.57. The fourth-order valence-electron chi connectivity index (χ4n) is 1.76. The summed E-state index contributed by atoms with van der Waals surface area (Å²) in [6.45, 7) is 1.71. The van der Waals surface area contributed by atoms with Gasteiger partial charge in [0.05, 0.1) is 6.42 Å². The summed E-state index contributed by atoms with van der Waals surface area (Å²) in [6.07, 6.45) is -0.0855. The number of nitrogens with zero attached hydrogens (tertiary/aromatic N) is 1. The van der Waals surface area contributed by atoms with E-state index in [1.165, 1.54) is 11.8 Å². The van der Waals surface area contributed by atoms with Gasteiger partial charge in [0.25, 0.3) is 5.56 Å². The first-order chi connectivity index (χ1) is 9.56. The Bertz CT molecular complexity index is 668. The van der Waals surface area contributed by atoms with Crippen molar-refractivity contribution >= 4 is 17.7 Å². The van der Waals surface area contributed by atoms with E-state index in [1.807, 2.05) is 30.3 Å². The Morgan fingerprint density at radius 1 is 1.35 bits per heavy atom. The fourth-order valence-corrected chi connectivity index (χ4v) is 2.62. The van der Waals surface area contributed by atoms with E-state index in [-0.39, 0.29) is 12.0 Å². The lowest BCUT2D eigenvalue weighted by Gasteiger charge is -2.05. The molecule has 0 radical (unpaired) electrons. The van der Waals surface area contributed by atoms with Gasteiger partial charge in [0.1, 0.15) is 0 Å². The van der Waals surface area contributed by atoms with Crippen LogP contribution in [0.1, 0.15) is 16.8 Å². The summed E-state index contributed by atoms with van der Waals surface area (Å²) >= 11 is 1.45. The van der Waals surface area contributed by atoms with Crippen molar-refractivity contribution in [2.75, 3.05) is 0 Å². The molecule has 1 heterocycles. The molecular weight excluding hydrogens is 274 g/mol. The van der Waals surface area contributed by atoms with E-state index in [0.29, 0.717) is 16.4 Å². The average molecular weight is 289 g/mol. The first kappa shape index (κ1) is 14.3. The number of aryl methyl sites for hydroxylation is 1. The smallest absolute Gasteiger partial charge is 0.255 e. The minimum absolute atomic E-state index is 0.0855. The van der Waals surface area contributed by atoms with Crippen LogP contribution in [0.3, 0.4) is 0 Å². The molecule has 1 amide bonds. The minimum atomic E-state index is -0.537. The molecule has 0 unspecified atom stereocenters. The number of nitrogens with one attached hydrogen (secondary N) is 1. The number of hydrogen-bond acceptors (Lipinski definition) is 4. The van der Waals surface area contributed by atoms with Gasteiger partial charge < -0.3 is 10.7 Å². The van der Waals surface area contributed by atoms with E-state index >= 15 is 0 Å². The molecule has 0 fully saturated rings. The number of benzene rings is 1. The van der Waals surface area contributed by atoms with Crippen molar-refractivity contribution < 1.29 is 4.79 Å². The summed E-state index contributed by atoms with van der Waals surface area (Å²) in [5, 5.41) is 0.546. The third-order valence-electron chi connectivity index (χ3n) is 2.77. The van der Waals surface area contributed by atoms with Crippen molar-refractivity contribution in [3.05, 3.63) is 57.5 Å². The van der Waals surface area contributed by atoms with Gasteiger partial charge in [0, 0.05) is 17.0 Å². The Labute approximate surface area is 120 Å². The highest BCUT2D eigenvalue weighted by atomic mass is 32.2. The third-order valence-corrected chi connectivity index (χ3v) is 3.71. The Morgan fingerprint density at radius 3 is 2.65 bits per heavy atom. The monoisotopic (exact) mass is 289 g/mol. The summed E-state index contributed by atoms with van der Waals surface area (Å²) in [5.74, 6) is 0.184. The second-order valence-corrected chi connectivity index (χ2v) is 5.32. The maximum absolute atomic E-state index is 11.9. The Morgan fingerprint density at radius 2 is 2.05 bits per heavy atom. The molecule has 6 heteroatoms. The molecule has 1 aromatic heterocycles. The van der Waals surface area contributed by atoms with Crippen molar-refractivity contribution in [1.82, 2.24) is 9.97 Å². The molecule has 0 aliphatic heterocycles. The number of nitrogens with two attached hydrogens (primary N) is 1. The molecule has 0 bridgehead atoms. The number of carbonyl (C=O) groups is 1. The largest absolute Gasteiger partial charge is 0.369 e. The van der Waals surface area contributed by atoms with Gasteiger partial charge in [0.2, 0.25) is 5.91 Å². The number of hydrogen-bond donors (Lipinski definition) is 2. The van der Waals surface area contributed by atoms with Crippen LogP contribution in [0.15, 0.2) is 40.3 Å². The van der Waals surface area contributed by atoms with Crippen LogP contribution in [0, 0.1) is 6.92 Å². The molecule has 3 N–H and O–H groups in total.